The van der Waals surface area contributed by atoms with E-state index in [0.717, 1.165) is 12.8 Å². The van der Waals surface area contributed by atoms with Gasteiger partial charge in [0.15, 0.2) is 0 Å². The number of methoxy groups -OCH3 is 1. The van der Waals surface area contributed by atoms with E-state index in [1.54, 1.807) is 0 Å². The van der Waals surface area contributed by atoms with E-state index in [9.17, 15) is 4.79 Å². The fourth-order valence-electron chi connectivity index (χ4n) is 1.40. The third kappa shape index (κ3) is 4.07. The van der Waals surface area contributed by atoms with Gasteiger partial charge in [0.25, 0.3) is 0 Å². The minimum absolute atomic E-state index is 0.228. The van der Waals surface area contributed by atoms with E-state index in [1.807, 2.05) is 13.8 Å². The van der Waals surface area contributed by atoms with Gasteiger partial charge >= 0.3 is 5.97 Å². The zero-order valence-corrected chi connectivity index (χ0v) is 9.29. The molecule has 0 aromatic carbocycles. The van der Waals surface area contributed by atoms with Crippen LogP contribution in [0.25, 0.3) is 0 Å². The molecule has 1 heterocycles. The molecule has 0 saturated carbocycles. The van der Waals surface area contributed by atoms with Crippen molar-refractivity contribution < 1.29 is 14.3 Å². The van der Waals surface area contributed by atoms with Crippen LogP contribution in [0.4, 0.5) is 0 Å². The van der Waals surface area contributed by atoms with Crippen LogP contribution in [0.15, 0.2) is 0 Å². The fraction of sp³-hybridized carbons (Fsp3) is 0.900. The molecule has 0 aromatic heterocycles. The van der Waals surface area contributed by atoms with Crippen molar-refractivity contribution in [2.75, 3.05) is 20.3 Å². The molecule has 1 fully saturated rings. The van der Waals surface area contributed by atoms with Crippen LogP contribution >= 0.6 is 0 Å². The number of hydrogen-bond donors (Lipinski definition) is 1. The summed E-state index contributed by atoms with van der Waals surface area (Å²) in [6, 6.07) is -0.473. The van der Waals surface area contributed by atoms with Crippen molar-refractivity contribution in [3.05, 3.63) is 0 Å². The van der Waals surface area contributed by atoms with Crippen LogP contribution in [-0.4, -0.2) is 32.3 Å². The maximum atomic E-state index is 11.0. The second-order valence-electron chi connectivity index (χ2n) is 3.00. The van der Waals surface area contributed by atoms with Gasteiger partial charge in [-0.1, -0.05) is 13.8 Å². The summed E-state index contributed by atoms with van der Waals surface area (Å²) in [7, 11) is 1.36. The molecule has 1 rings (SSSR count). The molecule has 1 aliphatic rings. The summed E-state index contributed by atoms with van der Waals surface area (Å²) < 4.78 is 9.72. The molecule has 1 aliphatic heterocycles. The topological polar surface area (TPSA) is 61.5 Å². The van der Waals surface area contributed by atoms with Gasteiger partial charge in [-0.15, -0.1) is 0 Å². The zero-order valence-electron chi connectivity index (χ0n) is 9.29. The molecule has 4 heteroatoms. The first kappa shape index (κ1) is 13.4. The Morgan fingerprint density at radius 2 is 1.93 bits per heavy atom. The molecule has 1 atom stereocenters. The van der Waals surface area contributed by atoms with Gasteiger partial charge in [-0.25, -0.2) is 0 Å². The largest absolute Gasteiger partial charge is 0.468 e. The molecule has 0 bridgehead atoms. The van der Waals surface area contributed by atoms with Crippen molar-refractivity contribution in [1.82, 2.24) is 0 Å². The summed E-state index contributed by atoms with van der Waals surface area (Å²) in [6.45, 7) is 5.41. The third-order valence-electron chi connectivity index (χ3n) is 2.25. The summed E-state index contributed by atoms with van der Waals surface area (Å²) in [4.78, 5) is 11.0. The predicted octanol–water partition coefficient (Wildman–Crippen LogP) is 0.940. The van der Waals surface area contributed by atoms with Crippen molar-refractivity contribution >= 4 is 5.97 Å². The molecule has 0 radical (unpaired) electrons. The predicted molar refractivity (Wildman–Crippen MR) is 54.9 cm³/mol. The average Bonchev–Trinajstić information content (AvgIpc) is 2.31. The maximum absolute atomic E-state index is 11.0. The van der Waals surface area contributed by atoms with E-state index >= 15 is 0 Å². The second kappa shape index (κ2) is 7.76. The quantitative estimate of drug-likeness (QED) is 0.678. The number of carbonyl (C=O) groups excluding carboxylic acids is 1. The number of nitrogens with two attached hydrogens (primary N) is 1. The van der Waals surface area contributed by atoms with Crippen LogP contribution in [0.3, 0.4) is 0 Å². The van der Waals surface area contributed by atoms with Gasteiger partial charge in [0.1, 0.15) is 6.04 Å². The summed E-state index contributed by atoms with van der Waals surface area (Å²) in [5, 5.41) is 0. The van der Waals surface area contributed by atoms with Crippen molar-refractivity contribution in [1.29, 1.82) is 0 Å². The highest BCUT2D eigenvalue weighted by atomic mass is 16.5. The van der Waals surface area contributed by atoms with Crippen molar-refractivity contribution in [2.24, 2.45) is 11.7 Å². The lowest BCUT2D eigenvalue weighted by molar-refractivity contribution is -0.144. The van der Waals surface area contributed by atoms with Gasteiger partial charge in [0.2, 0.25) is 0 Å². The van der Waals surface area contributed by atoms with E-state index in [1.165, 1.54) is 7.11 Å². The molecule has 1 unspecified atom stereocenters. The molecule has 0 aromatic rings. The molecule has 2 N–H and O–H groups in total. The lowest BCUT2D eigenvalue weighted by atomic mass is 9.92. The van der Waals surface area contributed by atoms with Gasteiger partial charge in [-0.2, -0.15) is 0 Å². The number of hydrogen-bond acceptors (Lipinski definition) is 4. The first-order valence-corrected chi connectivity index (χ1v) is 5.17. The van der Waals surface area contributed by atoms with Crippen LogP contribution in [-0.2, 0) is 14.3 Å². The normalized spacial score (nSPS) is 19.1. The van der Waals surface area contributed by atoms with Gasteiger partial charge in [0.05, 0.1) is 7.11 Å². The molecular formula is C10H21NO3. The van der Waals surface area contributed by atoms with E-state index in [0.29, 0.717) is 13.2 Å². The summed E-state index contributed by atoms with van der Waals surface area (Å²) >= 11 is 0. The van der Waals surface area contributed by atoms with E-state index in [-0.39, 0.29) is 11.9 Å². The van der Waals surface area contributed by atoms with Crippen molar-refractivity contribution in [3.8, 4) is 0 Å². The molecule has 14 heavy (non-hydrogen) atoms. The van der Waals surface area contributed by atoms with E-state index in [2.05, 4.69) is 4.74 Å². The first-order chi connectivity index (χ1) is 6.75. The minimum Gasteiger partial charge on any atom is -0.468 e. The maximum Gasteiger partial charge on any atom is 0.322 e. The third-order valence-corrected chi connectivity index (χ3v) is 2.25. The SMILES string of the molecule is CC.COC(=O)C(N)C1CCOCC1. The average molecular weight is 203 g/mol. The van der Waals surface area contributed by atoms with Gasteiger partial charge in [-0.3, -0.25) is 4.79 Å². The molecular weight excluding hydrogens is 182 g/mol. The number of rotatable bonds is 2. The summed E-state index contributed by atoms with van der Waals surface area (Å²) in [5.41, 5.74) is 5.67. The Bertz CT molecular complexity index is 155. The van der Waals surface area contributed by atoms with Gasteiger partial charge < -0.3 is 15.2 Å². The lowest BCUT2D eigenvalue weighted by Crippen LogP contribution is -2.41. The number of esters is 1. The van der Waals surface area contributed by atoms with Crippen LogP contribution in [0.2, 0.25) is 0 Å². The minimum atomic E-state index is -0.473. The highest BCUT2D eigenvalue weighted by molar-refractivity contribution is 5.75. The van der Waals surface area contributed by atoms with E-state index < -0.39 is 6.04 Å². The molecule has 0 spiro atoms. The highest BCUT2D eigenvalue weighted by Gasteiger charge is 2.26. The Morgan fingerprint density at radius 1 is 1.43 bits per heavy atom. The van der Waals surface area contributed by atoms with Crippen molar-refractivity contribution in [2.45, 2.75) is 32.7 Å². The Hall–Kier alpha value is -0.610. The lowest BCUT2D eigenvalue weighted by Gasteiger charge is -2.25. The first-order valence-electron chi connectivity index (χ1n) is 5.17. The molecule has 84 valence electrons. The summed E-state index contributed by atoms with van der Waals surface area (Å²) in [5.74, 6) is -0.0897. The Balaban J connectivity index is 0.000000791. The fourth-order valence-corrected chi connectivity index (χ4v) is 1.40. The van der Waals surface area contributed by atoms with Crippen LogP contribution in [0, 0.1) is 5.92 Å². The van der Waals surface area contributed by atoms with Crippen molar-refractivity contribution in [3.63, 3.8) is 0 Å². The molecule has 1 saturated heterocycles. The number of carbonyl (C=O) groups is 1. The smallest absolute Gasteiger partial charge is 0.322 e. The zero-order chi connectivity index (χ0) is 11.0. The highest BCUT2D eigenvalue weighted by Crippen LogP contribution is 2.17. The Kier molecular flexibility index (Phi) is 7.42. The van der Waals surface area contributed by atoms with Crippen LogP contribution < -0.4 is 5.73 Å². The van der Waals surface area contributed by atoms with E-state index in [4.69, 9.17) is 10.5 Å². The Morgan fingerprint density at radius 3 is 2.36 bits per heavy atom. The summed E-state index contributed by atoms with van der Waals surface area (Å²) in [6.07, 6.45) is 1.71. The van der Waals surface area contributed by atoms with Gasteiger partial charge in [0, 0.05) is 13.2 Å². The monoisotopic (exact) mass is 203 g/mol. The second-order valence-corrected chi connectivity index (χ2v) is 3.00. The van der Waals surface area contributed by atoms with Crippen LogP contribution in [0.1, 0.15) is 26.7 Å². The molecule has 4 nitrogen and oxygen atoms in total. The van der Waals surface area contributed by atoms with Gasteiger partial charge in [-0.05, 0) is 18.8 Å². The Labute approximate surface area is 85.8 Å². The number of ether oxygens (including phenoxy) is 2. The molecule has 0 amide bonds. The standard InChI is InChI=1S/C8H15NO3.C2H6/c1-11-8(10)7(9)6-2-4-12-5-3-6;1-2/h6-7H,2-5,9H2,1H3;1-2H3. The van der Waals surface area contributed by atoms with Crippen LogP contribution in [0.5, 0.6) is 0 Å². The molecule has 0 aliphatic carbocycles.